The van der Waals surface area contributed by atoms with E-state index < -0.39 is 0 Å². The number of ether oxygens (including phenoxy) is 1. The van der Waals surface area contributed by atoms with E-state index in [1.165, 1.54) is 38.6 Å². The number of likely N-dealkylation sites (N-methyl/N-ethyl adjacent to an activating group) is 1. The van der Waals surface area contributed by atoms with Crippen molar-refractivity contribution in [2.24, 2.45) is 0 Å². The van der Waals surface area contributed by atoms with Crippen LogP contribution in [-0.2, 0) is 4.74 Å². The van der Waals surface area contributed by atoms with Gasteiger partial charge in [0.15, 0.2) is 0 Å². The Balaban J connectivity index is 1.97. The second-order valence-electron chi connectivity index (χ2n) is 5.22. The Morgan fingerprint density at radius 2 is 1.94 bits per heavy atom. The number of hydrogen-bond donors (Lipinski definition) is 1. The van der Waals surface area contributed by atoms with Crippen LogP contribution in [0.5, 0.6) is 0 Å². The van der Waals surface area contributed by atoms with Crippen molar-refractivity contribution in [3.8, 4) is 0 Å². The maximum Gasteiger partial charge on any atom is 0.0480 e. The molecule has 0 saturated carbocycles. The van der Waals surface area contributed by atoms with Crippen molar-refractivity contribution in [3.05, 3.63) is 0 Å². The lowest BCUT2D eigenvalue weighted by molar-refractivity contribution is -0.00230. The molecule has 1 N–H and O–H groups in total. The third kappa shape index (κ3) is 2.76. The Bertz CT molecular complexity index is 204. The first-order valence-electron chi connectivity index (χ1n) is 6.83. The van der Waals surface area contributed by atoms with Crippen molar-refractivity contribution in [1.82, 2.24) is 10.2 Å². The summed E-state index contributed by atoms with van der Waals surface area (Å²) in [4.78, 5) is 2.76. The fraction of sp³-hybridized carbons (Fsp3) is 1.00. The van der Waals surface area contributed by atoms with Crippen LogP contribution in [-0.4, -0.2) is 49.8 Å². The standard InChI is InChI=1S/C13H26N2O/c1-11(14-2)13-5-3-4-8-15(13)12-6-9-16-10-7-12/h11-14H,3-10H2,1-2H3. The molecular weight excluding hydrogens is 200 g/mol. The maximum atomic E-state index is 5.47. The highest BCUT2D eigenvalue weighted by atomic mass is 16.5. The molecule has 2 aliphatic rings. The van der Waals surface area contributed by atoms with Gasteiger partial charge in [0, 0.05) is 31.3 Å². The van der Waals surface area contributed by atoms with Gasteiger partial charge >= 0.3 is 0 Å². The van der Waals surface area contributed by atoms with Gasteiger partial charge in [0.1, 0.15) is 0 Å². The summed E-state index contributed by atoms with van der Waals surface area (Å²) in [7, 11) is 2.08. The van der Waals surface area contributed by atoms with Crippen LogP contribution < -0.4 is 5.32 Å². The van der Waals surface area contributed by atoms with Gasteiger partial charge in [-0.15, -0.1) is 0 Å². The number of hydrogen-bond acceptors (Lipinski definition) is 3. The molecule has 0 spiro atoms. The highest BCUT2D eigenvalue weighted by Gasteiger charge is 2.32. The predicted molar refractivity (Wildman–Crippen MR) is 66.7 cm³/mol. The lowest BCUT2D eigenvalue weighted by Crippen LogP contribution is -2.55. The number of nitrogens with one attached hydrogen (secondary N) is 1. The van der Waals surface area contributed by atoms with Gasteiger partial charge < -0.3 is 10.1 Å². The number of nitrogens with zero attached hydrogens (tertiary/aromatic N) is 1. The number of piperidine rings is 1. The molecule has 3 heteroatoms. The van der Waals surface area contributed by atoms with Gasteiger partial charge in [0.05, 0.1) is 0 Å². The Hall–Kier alpha value is -0.120. The van der Waals surface area contributed by atoms with Crippen LogP contribution in [0.25, 0.3) is 0 Å². The molecule has 0 bridgehead atoms. The van der Waals surface area contributed by atoms with E-state index in [9.17, 15) is 0 Å². The monoisotopic (exact) mass is 226 g/mol. The normalized spacial score (nSPS) is 31.5. The van der Waals surface area contributed by atoms with Crippen molar-refractivity contribution in [3.63, 3.8) is 0 Å². The average Bonchev–Trinajstić information content (AvgIpc) is 2.39. The maximum absolute atomic E-state index is 5.47. The van der Waals surface area contributed by atoms with Crippen molar-refractivity contribution >= 4 is 0 Å². The zero-order valence-electron chi connectivity index (χ0n) is 10.7. The van der Waals surface area contributed by atoms with Crippen molar-refractivity contribution in [2.75, 3.05) is 26.8 Å². The molecule has 16 heavy (non-hydrogen) atoms. The summed E-state index contributed by atoms with van der Waals surface area (Å²) < 4.78 is 5.47. The Morgan fingerprint density at radius 3 is 2.62 bits per heavy atom. The fourth-order valence-electron chi connectivity index (χ4n) is 3.18. The predicted octanol–water partition coefficient (Wildman–Crippen LogP) is 1.63. The minimum Gasteiger partial charge on any atom is -0.381 e. The number of rotatable bonds is 3. The van der Waals surface area contributed by atoms with Gasteiger partial charge in [0.25, 0.3) is 0 Å². The SMILES string of the molecule is CNC(C)C1CCCCN1C1CCOCC1. The first-order chi connectivity index (χ1) is 7.83. The smallest absolute Gasteiger partial charge is 0.0480 e. The van der Waals surface area contributed by atoms with Crippen LogP contribution >= 0.6 is 0 Å². The van der Waals surface area contributed by atoms with E-state index in [1.807, 2.05) is 0 Å². The number of likely N-dealkylation sites (tertiary alicyclic amines) is 1. The zero-order chi connectivity index (χ0) is 11.4. The van der Waals surface area contributed by atoms with Crippen molar-refractivity contribution in [2.45, 2.75) is 57.2 Å². The third-order valence-electron chi connectivity index (χ3n) is 4.28. The fourth-order valence-corrected chi connectivity index (χ4v) is 3.18. The van der Waals surface area contributed by atoms with Gasteiger partial charge in [-0.2, -0.15) is 0 Å². The van der Waals surface area contributed by atoms with Crippen LogP contribution in [0.4, 0.5) is 0 Å². The van der Waals surface area contributed by atoms with Crippen LogP contribution in [0.1, 0.15) is 39.0 Å². The summed E-state index contributed by atoms with van der Waals surface area (Å²) in [5.74, 6) is 0. The summed E-state index contributed by atoms with van der Waals surface area (Å²) in [5.41, 5.74) is 0. The Kier molecular flexibility index (Phi) is 4.62. The van der Waals surface area contributed by atoms with E-state index in [-0.39, 0.29) is 0 Å². The van der Waals surface area contributed by atoms with Gasteiger partial charge in [-0.1, -0.05) is 6.42 Å². The molecule has 94 valence electrons. The summed E-state index contributed by atoms with van der Waals surface area (Å²) in [5, 5.41) is 3.43. The first-order valence-corrected chi connectivity index (χ1v) is 6.83. The molecule has 0 aromatic rings. The van der Waals surface area contributed by atoms with Crippen LogP contribution in [0.3, 0.4) is 0 Å². The van der Waals surface area contributed by atoms with Gasteiger partial charge in [-0.05, 0) is 46.2 Å². The van der Waals surface area contributed by atoms with Crippen molar-refractivity contribution in [1.29, 1.82) is 0 Å². The van der Waals surface area contributed by atoms with Gasteiger partial charge in [-0.3, -0.25) is 4.90 Å². The molecular formula is C13H26N2O. The molecule has 2 saturated heterocycles. The molecule has 2 fully saturated rings. The highest BCUT2D eigenvalue weighted by Crippen LogP contribution is 2.26. The van der Waals surface area contributed by atoms with E-state index in [2.05, 4.69) is 24.2 Å². The quantitative estimate of drug-likeness (QED) is 0.791. The lowest BCUT2D eigenvalue weighted by atomic mass is 9.92. The molecule has 0 aromatic heterocycles. The summed E-state index contributed by atoms with van der Waals surface area (Å²) in [6.07, 6.45) is 6.60. The first kappa shape index (κ1) is 12.3. The molecule has 0 radical (unpaired) electrons. The molecule has 2 rings (SSSR count). The molecule has 2 aliphatic heterocycles. The average molecular weight is 226 g/mol. The largest absolute Gasteiger partial charge is 0.381 e. The molecule has 2 atom stereocenters. The molecule has 0 aliphatic carbocycles. The molecule has 3 nitrogen and oxygen atoms in total. The second kappa shape index (κ2) is 5.99. The van der Waals surface area contributed by atoms with Crippen LogP contribution in [0.15, 0.2) is 0 Å². The van der Waals surface area contributed by atoms with E-state index >= 15 is 0 Å². The van der Waals surface area contributed by atoms with Crippen molar-refractivity contribution < 1.29 is 4.74 Å². The molecule has 2 unspecified atom stereocenters. The van der Waals surface area contributed by atoms with Crippen LogP contribution in [0.2, 0.25) is 0 Å². The topological polar surface area (TPSA) is 24.5 Å². The third-order valence-corrected chi connectivity index (χ3v) is 4.28. The summed E-state index contributed by atoms with van der Waals surface area (Å²) >= 11 is 0. The van der Waals surface area contributed by atoms with Gasteiger partial charge in [-0.25, -0.2) is 0 Å². The van der Waals surface area contributed by atoms with E-state index in [4.69, 9.17) is 4.74 Å². The minimum absolute atomic E-state index is 0.614. The zero-order valence-corrected chi connectivity index (χ0v) is 10.7. The van der Waals surface area contributed by atoms with Gasteiger partial charge in [0.2, 0.25) is 0 Å². The minimum atomic E-state index is 0.614. The van der Waals surface area contributed by atoms with E-state index in [0.717, 1.165) is 25.3 Å². The molecule has 0 amide bonds. The summed E-state index contributed by atoms with van der Waals surface area (Å²) in [6.45, 7) is 5.54. The Labute approximate surface area is 99.5 Å². The van der Waals surface area contributed by atoms with E-state index in [0.29, 0.717) is 6.04 Å². The Morgan fingerprint density at radius 1 is 1.19 bits per heavy atom. The highest BCUT2D eigenvalue weighted by molar-refractivity contribution is 4.89. The summed E-state index contributed by atoms with van der Waals surface area (Å²) in [6, 6.07) is 2.12. The molecule has 0 aromatic carbocycles. The van der Waals surface area contributed by atoms with E-state index in [1.54, 1.807) is 0 Å². The lowest BCUT2D eigenvalue weighted by Gasteiger charge is -2.45. The second-order valence-corrected chi connectivity index (χ2v) is 5.22. The van der Waals surface area contributed by atoms with Crippen LogP contribution in [0, 0.1) is 0 Å². The molecule has 2 heterocycles.